The zero-order chi connectivity index (χ0) is 26.2. The Morgan fingerprint density at radius 1 is 1.06 bits per heavy atom. The van der Waals surface area contributed by atoms with Crippen molar-refractivity contribution < 1.29 is 28.2 Å². The molecule has 0 radical (unpaired) electrons. The van der Waals surface area contributed by atoms with Crippen molar-refractivity contribution in [2.24, 2.45) is 11.3 Å². The predicted molar refractivity (Wildman–Crippen MR) is 136 cm³/mol. The molecule has 2 rings (SSSR count). The molecule has 2 aromatic rings. The molecule has 0 amide bonds. The van der Waals surface area contributed by atoms with Crippen LogP contribution in [0, 0.1) is 17.2 Å². The van der Waals surface area contributed by atoms with Crippen LogP contribution in [0.25, 0.3) is 11.1 Å². The van der Waals surface area contributed by atoms with E-state index in [2.05, 4.69) is 0 Å². The highest BCUT2D eigenvalue weighted by Gasteiger charge is 2.38. The van der Waals surface area contributed by atoms with E-state index in [0.717, 1.165) is 5.56 Å². The molecule has 0 bridgehead atoms. The molecule has 0 aliphatic rings. The maximum atomic E-state index is 14.3. The number of benzene rings is 2. The molecule has 7 heteroatoms. The SMILES string of the molecule is CCOC(=O)[C@](C)(COC)C[C@H](CC(=O)OC(C)(C)C)Cc1ccc(-c2cc(Cl)ccc2F)cc1. The summed E-state index contributed by atoms with van der Waals surface area (Å²) in [5.41, 5.74) is 0.550. The quantitative estimate of drug-likeness (QED) is 0.319. The molecule has 0 saturated heterocycles. The minimum Gasteiger partial charge on any atom is -0.466 e. The molecule has 5 nitrogen and oxygen atoms in total. The van der Waals surface area contributed by atoms with Gasteiger partial charge in [-0.2, -0.15) is 0 Å². The third kappa shape index (κ3) is 8.93. The zero-order valence-corrected chi connectivity index (χ0v) is 22.2. The number of methoxy groups -OCH3 is 1. The molecule has 2 atom stereocenters. The summed E-state index contributed by atoms with van der Waals surface area (Å²) in [5.74, 6) is -1.25. The lowest BCUT2D eigenvalue weighted by Crippen LogP contribution is -2.37. The summed E-state index contributed by atoms with van der Waals surface area (Å²) in [7, 11) is 1.54. The lowest BCUT2D eigenvalue weighted by atomic mass is 9.78. The number of halogens is 2. The van der Waals surface area contributed by atoms with Crippen molar-refractivity contribution in [2.45, 2.75) is 59.5 Å². The van der Waals surface area contributed by atoms with Gasteiger partial charge in [0.1, 0.15) is 11.4 Å². The average molecular weight is 507 g/mol. The van der Waals surface area contributed by atoms with E-state index >= 15 is 0 Å². The van der Waals surface area contributed by atoms with Gasteiger partial charge in [0, 0.05) is 24.1 Å². The van der Waals surface area contributed by atoms with Crippen LogP contribution in [0.3, 0.4) is 0 Å². The summed E-state index contributed by atoms with van der Waals surface area (Å²) in [5, 5.41) is 0.458. The van der Waals surface area contributed by atoms with Crippen molar-refractivity contribution in [3.8, 4) is 11.1 Å². The Labute approximate surface area is 212 Å². The van der Waals surface area contributed by atoms with Gasteiger partial charge in [-0.25, -0.2) is 4.39 Å². The van der Waals surface area contributed by atoms with Gasteiger partial charge in [0.15, 0.2) is 0 Å². The second-order valence-electron chi connectivity index (χ2n) is 10.1. The zero-order valence-electron chi connectivity index (χ0n) is 21.5. The molecular formula is C28H36ClFO5. The minimum atomic E-state index is -0.915. The molecule has 0 saturated carbocycles. The summed E-state index contributed by atoms with van der Waals surface area (Å²) in [6.07, 6.45) is 1.04. The summed E-state index contributed by atoms with van der Waals surface area (Å²) in [6.45, 7) is 9.44. The molecule has 192 valence electrons. The van der Waals surface area contributed by atoms with E-state index in [9.17, 15) is 14.0 Å². The molecule has 0 fully saturated rings. The molecule has 0 heterocycles. The lowest BCUT2D eigenvalue weighted by molar-refractivity contribution is -0.162. The van der Waals surface area contributed by atoms with Crippen LogP contribution < -0.4 is 0 Å². The van der Waals surface area contributed by atoms with E-state index in [0.29, 0.717) is 29.0 Å². The lowest BCUT2D eigenvalue weighted by Gasteiger charge is -2.31. The molecular weight excluding hydrogens is 471 g/mol. The first-order chi connectivity index (χ1) is 16.4. The fourth-order valence-corrected chi connectivity index (χ4v) is 4.34. The van der Waals surface area contributed by atoms with Gasteiger partial charge in [-0.1, -0.05) is 35.9 Å². The van der Waals surface area contributed by atoms with Crippen LogP contribution in [0.5, 0.6) is 0 Å². The Morgan fingerprint density at radius 2 is 1.71 bits per heavy atom. The van der Waals surface area contributed by atoms with Gasteiger partial charge >= 0.3 is 11.9 Å². The Bertz CT molecular complexity index is 999. The molecule has 0 aliphatic carbocycles. The fourth-order valence-electron chi connectivity index (χ4n) is 4.17. The fraction of sp³-hybridized carbons (Fsp3) is 0.500. The molecule has 35 heavy (non-hydrogen) atoms. The maximum absolute atomic E-state index is 14.3. The van der Waals surface area contributed by atoms with E-state index in [-0.39, 0.29) is 43.3 Å². The second-order valence-corrected chi connectivity index (χ2v) is 10.5. The van der Waals surface area contributed by atoms with Crippen molar-refractivity contribution in [1.29, 1.82) is 0 Å². The second kappa shape index (κ2) is 12.5. The minimum absolute atomic E-state index is 0.140. The van der Waals surface area contributed by atoms with Crippen molar-refractivity contribution in [3.63, 3.8) is 0 Å². The molecule has 0 spiro atoms. The van der Waals surface area contributed by atoms with Crippen LogP contribution in [-0.2, 0) is 30.2 Å². The number of carbonyl (C=O) groups is 2. The Balaban J connectivity index is 2.29. The van der Waals surface area contributed by atoms with E-state index in [1.54, 1.807) is 19.9 Å². The average Bonchev–Trinajstić information content (AvgIpc) is 2.75. The molecule has 0 N–H and O–H groups in total. The summed E-state index contributed by atoms with van der Waals surface area (Å²) >= 11 is 6.04. The van der Waals surface area contributed by atoms with Gasteiger partial charge in [0.2, 0.25) is 0 Å². The molecule has 2 aromatic carbocycles. The third-order valence-corrected chi connectivity index (χ3v) is 5.80. The monoisotopic (exact) mass is 506 g/mol. The van der Waals surface area contributed by atoms with Crippen LogP contribution in [0.4, 0.5) is 4.39 Å². The highest BCUT2D eigenvalue weighted by atomic mass is 35.5. The van der Waals surface area contributed by atoms with Gasteiger partial charge in [0.05, 0.1) is 18.6 Å². The number of ether oxygens (including phenoxy) is 3. The highest BCUT2D eigenvalue weighted by molar-refractivity contribution is 6.30. The normalized spacial score (nSPS) is 14.2. The van der Waals surface area contributed by atoms with Crippen LogP contribution in [0.1, 0.15) is 53.0 Å². The smallest absolute Gasteiger partial charge is 0.314 e. The summed E-state index contributed by atoms with van der Waals surface area (Å²) in [4.78, 5) is 25.4. The predicted octanol–water partition coefficient (Wildman–Crippen LogP) is 6.64. The number of carbonyl (C=O) groups excluding carboxylic acids is 2. The first kappa shape index (κ1) is 28.8. The summed E-state index contributed by atoms with van der Waals surface area (Å²) < 4.78 is 30.5. The van der Waals surface area contributed by atoms with Crippen molar-refractivity contribution in [3.05, 3.63) is 58.9 Å². The first-order valence-corrected chi connectivity index (χ1v) is 12.2. The molecule has 0 aromatic heterocycles. The van der Waals surface area contributed by atoms with Crippen LogP contribution in [0.15, 0.2) is 42.5 Å². The molecule has 0 aliphatic heterocycles. The topological polar surface area (TPSA) is 61.8 Å². The van der Waals surface area contributed by atoms with Crippen molar-refractivity contribution in [1.82, 2.24) is 0 Å². The van der Waals surface area contributed by atoms with Crippen molar-refractivity contribution in [2.75, 3.05) is 20.3 Å². The van der Waals surface area contributed by atoms with Gasteiger partial charge in [-0.3, -0.25) is 9.59 Å². The van der Waals surface area contributed by atoms with Gasteiger partial charge in [0.25, 0.3) is 0 Å². The Hall–Kier alpha value is -2.44. The van der Waals surface area contributed by atoms with Gasteiger partial charge in [-0.15, -0.1) is 0 Å². The number of rotatable bonds is 11. The van der Waals surface area contributed by atoms with Crippen LogP contribution in [-0.4, -0.2) is 37.9 Å². The van der Waals surface area contributed by atoms with E-state index < -0.39 is 11.0 Å². The molecule has 0 unspecified atom stereocenters. The standard InChI is InChI=1S/C28H36ClFO5/c1-7-34-26(32)28(5,18-33-6)17-20(15-25(31)35-27(2,3)4)14-19-8-10-21(11-9-19)23-16-22(29)12-13-24(23)30/h8-13,16,20H,7,14-15,17-18H2,1-6H3/t20-,28-/m0/s1. The number of hydrogen-bond donors (Lipinski definition) is 0. The Kier molecular flexibility index (Phi) is 10.3. The highest BCUT2D eigenvalue weighted by Crippen LogP contribution is 2.33. The van der Waals surface area contributed by atoms with Gasteiger partial charge in [-0.05, 0) is 82.7 Å². The summed E-state index contributed by atoms with van der Waals surface area (Å²) in [6, 6.07) is 11.9. The van der Waals surface area contributed by atoms with Crippen molar-refractivity contribution >= 4 is 23.5 Å². The van der Waals surface area contributed by atoms with Gasteiger partial charge < -0.3 is 14.2 Å². The van der Waals surface area contributed by atoms with E-state index in [4.69, 9.17) is 25.8 Å². The third-order valence-electron chi connectivity index (χ3n) is 5.56. The Morgan fingerprint density at radius 3 is 2.29 bits per heavy atom. The largest absolute Gasteiger partial charge is 0.466 e. The van der Waals surface area contributed by atoms with E-state index in [1.807, 2.05) is 45.0 Å². The van der Waals surface area contributed by atoms with Crippen LogP contribution >= 0.6 is 11.6 Å². The first-order valence-electron chi connectivity index (χ1n) is 11.8. The van der Waals surface area contributed by atoms with Crippen LogP contribution in [0.2, 0.25) is 5.02 Å². The number of hydrogen-bond acceptors (Lipinski definition) is 5. The number of esters is 2. The van der Waals surface area contributed by atoms with E-state index in [1.165, 1.54) is 19.2 Å². The maximum Gasteiger partial charge on any atom is 0.314 e.